The van der Waals surface area contributed by atoms with E-state index < -0.39 is 28.5 Å². The third-order valence-corrected chi connectivity index (χ3v) is 6.84. The number of amides is 2. The first-order valence-corrected chi connectivity index (χ1v) is 12.7. The van der Waals surface area contributed by atoms with Gasteiger partial charge in [0.25, 0.3) is 0 Å². The van der Waals surface area contributed by atoms with Gasteiger partial charge < -0.3 is 15.0 Å². The van der Waals surface area contributed by atoms with E-state index in [0.717, 1.165) is 10.6 Å². The molecular weight excluding hydrogens is 489 g/mol. The summed E-state index contributed by atoms with van der Waals surface area (Å²) in [6.45, 7) is 1.27. The van der Waals surface area contributed by atoms with Gasteiger partial charge in [-0.05, 0) is 36.2 Å². The SMILES string of the molecule is CC[C@@H](C(=O)NC)N(Cc1ccccc1Cl)C(=O)CN(c1ccc(OC)c(Cl)c1)S(C)(=O)=O. The van der Waals surface area contributed by atoms with Gasteiger partial charge in [0.1, 0.15) is 18.3 Å². The Morgan fingerprint density at radius 2 is 1.79 bits per heavy atom. The summed E-state index contributed by atoms with van der Waals surface area (Å²) in [5.41, 5.74) is 0.829. The van der Waals surface area contributed by atoms with Crippen molar-refractivity contribution >= 4 is 50.7 Å². The molecule has 0 aliphatic heterocycles. The highest BCUT2D eigenvalue weighted by Gasteiger charge is 2.31. The Balaban J connectivity index is 2.46. The van der Waals surface area contributed by atoms with Crippen molar-refractivity contribution in [3.8, 4) is 5.75 Å². The molecule has 0 unspecified atom stereocenters. The topological polar surface area (TPSA) is 96.0 Å². The van der Waals surface area contributed by atoms with Crippen LogP contribution < -0.4 is 14.4 Å². The summed E-state index contributed by atoms with van der Waals surface area (Å²) in [6.07, 6.45) is 1.32. The fraction of sp³-hybridized carbons (Fsp3) is 0.364. The molecule has 0 radical (unpaired) electrons. The Labute approximate surface area is 204 Å². The van der Waals surface area contributed by atoms with Gasteiger partial charge in [-0.15, -0.1) is 0 Å². The monoisotopic (exact) mass is 515 g/mol. The number of carbonyl (C=O) groups excluding carboxylic acids is 2. The predicted molar refractivity (Wildman–Crippen MR) is 130 cm³/mol. The molecule has 180 valence electrons. The van der Waals surface area contributed by atoms with E-state index in [1.54, 1.807) is 31.2 Å². The normalized spacial score (nSPS) is 12.1. The van der Waals surface area contributed by atoms with Crippen molar-refractivity contribution in [2.75, 3.05) is 31.3 Å². The molecule has 1 N–H and O–H groups in total. The smallest absolute Gasteiger partial charge is 0.244 e. The lowest BCUT2D eigenvalue weighted by Gasteiger charge is -2.32. The number of likely N-dealkylation sites (N-methyl/N-ethyl adjacent to an activating group) is 1. The number of carbonyl (C=O) groups is 2. The van der Waals surface area contributed by atoms with E-state index in [1.807, 2.05) is 0 Å². The Morgan fingerprint density at radius 3 is 2.30 bits per heavy atom. The second-order valence-corrected chi connectivity index (χ2v) is 9.96. The molecule has 0 fully saturated rings. The van der Waals surface area contributed by atoms with Gasteiger partial charge >= 0.3 is 0 Å². The summed E-state index contributed by atoms with van der Waals surface area (Å²) >= 11 is 12.5. The van der Waals surface area contributed by atoms with Crippen LogP contribution >= 0.6 is 23.2 Å². The van der Waals surface area contributed by atoms with Crippen molar-refractivity contribution < 1.29 is 22.7 Å². The van der Waals surface area contributed by atoms with Gasteiger partial charge in [0.15, 0.2) is 0 Å². The highest BCUT2D eigenvalue weighted by Crippen LogP contribution is 2.30. The van der Waals surface area contributed by atoms with Gasteiger partial charge in [-0.1, -0.05) is 48.3 Å². The van der Waals surface area contributed by atoms with Gasteiger partial charge in [-0.2, -0.15) is 0 Å². The molecule has 33 heavy (non-hydrogen) atoms. The summed E-state index contributed by atoms with van der Waals surface area (Å²) in [6, 6.07) is 10.6. The van der Waals surface area contributed by atoms with E-state index in [2.05, 4.69) is 5.32 Å². The molecule has 0 aromatic heterocycles. The lowest BCUT2D eigenvalue weighted by Crippen LogP contribution is -2.51. The highest BCUT2D eigenvalue weighted by molar-refractivity contribution is 7.92. The first-order valence-electron chi connectivity index (χ1n) is 10.1. The first kappa shape index (κ1) is 26.8. The van der Waals surface area contributed by atoms with Crippen molar-refractivity contribution in [2.45, 2.75) is 25.9 Å². The molecule has 0 saturated carbocycles. The van der Waals surface area contributed by atoms with Crippen molar-refractivity contribution in [1.29, 1.82) is 0 Å². The third-order valence-electron chi connectivity index (χ3n) is 5.03. The van der Waals surface area contributed by atoms with Crippen molar-refractivity contribution in [2.24, 2.45) is 0 Å². The fourth-order valence-electron chi connectivity index (χ4n) is 3.32. The summed E-state index contributed by atoms with van der Waals surface area (Å²) in [4.78, 5) is 27.3. The quantitative estimate of drug-likeness (QED) is 0.523. The van der Waals surface area contributed by atoms with Gasteiger partial charge in [0, 0.05) is 18.6 Å². The third kappa shape index (κ3) is 6.75. The molecule has 2 aromatic carbocycles. The van der Waals surface area contributed by atoms with Crippen LogP contribution in [0.4, 0.5) is 5.69 Å². The summed E-state index contributed by atoms with van der Waals surface area (Å²) < 4.78 is 31.2. The zero-order valence-electron chi connectivity index (χ0n) is 18.8. The lowest BCUT2D eigenvalue weighted by molar-refractivity contribution is -0.140. The number of hydrogen-bond acceptors (Lipinski definition) is 5. The van der Waals surface area contributed by atoms with Crippen LogP contribution in [0.3, 0.4) is 0 Å². The number of anilines is 1. The molecule has 11 heteroatoms. The van der Waals surface area contributed by atoms with Gasteiger partial charge in [0.2, 0.25) is 21.8 Å². The highest BCUT2D eigenvalue weighted by atomic mass is 35.5. The Hall–Kier alpha value is -2.49. The minimum Gasteiger partial charge on any atom is -0.495 e. The largest absolute Gasteiger partial charge is 0.495 e. The number of halogens is 2. The maximum atomic E-state index is 13.5. The van der Waals surface area contributed by atoms with E-state index in [-0.39, 0.29) is 23.2 Å². The van der Waals surface area contributed by atoms with E-state index in [4.69, 9.17) is 27.9 Å². The van der Waals surface area contributed by atoms with Crippen LogP contribution in [0.15, 0.2) is 42.5 Å². The maximum absolute atomic E-state index is 13.5. The van der Waals surface area contributed by atoms with Crippen LogP contribution in [0.2, 0.25) is 10.0 Å². The average molecular weight is 516 g/mol. The molecule has 0 aliphatic rings. The molecule has 0 spiro atoms. The van der Waals surface area contributed by atoms with E-state index >= 15 is 0 Å². The molecule has 0 heterocycles. The maximum Gasteiger partial charge on any atom is 0.244 e. The molecule has 8 nitrogen and oxygen atoms in total. The van der Waals surface area contributed by atoms with Crippen LogP contribution in [0.1, 0.15) is 18.9 Å². The van der Waals surface area contributed by atoms with E-state index in [9.17, 15) is 18.0 Å². The van der Waals surface area contributed by atoms with Gasteiger partial charge in [-0.3, -0.25) is 13.9 Å². The van der Waals surface area contributed by atoms with E-state index in [0.29, 0.717) is 22.8 Å². The molecule has 2 rings (SSSR count). The summed E-state index contributed by atoms with van der Waals surface area (Å²) in [7, 11) is -0.945. The first-order chi connectivity index (χ1) is 15.5. The lowest BCUT2D eigenvalue weighted by atomic mass is 10.1. The van der Waals surface area contributed by atoms with Crippen molar-refractivity contribution in [3.05, 3.63) is 58.1 Å². The van der Waals surface area contributed by atoms with Crippen LogP contribution in [-0.2, 0) is 26.2 Å². The molecule has 0 saturated heterocycles. The molecule has 1 atom stereocenters. The second kappa shape index (κ2) is 11.6. The minimum absolute atomic E-state index is 0.0331. The van der Waals surface area contributed by atoms with Gasteiger partial charge in [-0.25, -0.2) is 8.42 Å². The van der Waals surface area contributed by atoms with Crippen LogP contribution in [0, 0.1) is 0 Å². The Kier molecular flexibility index (Phi) is 9.39. The second-order valence-electron chi connectivity index (χ2n) is 7.24. The predicted octanol–water partition coefficient (Wildman–Crippen LogP) is 3.32. The summed E-state index contributed by atoms with van der Waals surface area (Å²) in [5, 5.41) is 3.19. The Morgan fingerprint density at radius 1 is 1.12 bits per heavy atom. The number of rotatable bonds is 10. The number of nitrogens with one attached hydrogen (secondary N) is 1. The zero-order chi connectivity index (χ0) is 24.8. The number of sulfonamides is 1. The number of benzene rings is 2. The standard InChI is InChI=1S/C22H27Cl2N3O5S/c1-5-19(22(29)25-2)26(13-15-8-6-7-9-17(15)23)21(28)14-27(33(4,30)31)16-10-11-20(32-3)18(24)12-16/h6-12,19H,5,13-14H2,1-4H3,(H,25,29)/t19-/m0/s1. The number of ether oxygens (including phenoxy) is 1. The number of methoxy groups -OCH3 is 1. The molecule has 0 aliphatic carbocycles. The average Bonchev–Trinajstić information content (AvgIpc) is 2.77. The number of nitrogens with zero attached hydrogens (tertiary/aromatic N) is 2. The molecule has 2 aromatic rings. The minimum atomic E-state index is -3.86. The van der Waals surface area contributed by atoms with E-state index in [1.165, 1.54) is 37.3 Å². The van der Waals surface area contributed by atoms with Crippen LogP contribution in [-0.4, -0.2) is 58.1 Å². The van der Waals surface area contributed by atoms with Crippen LogP contribution in [0.25, 0.3) is 0 Å². The zero-order valence-corrected chi connectivity index (χ0v) is 21.2. The number of hydrogen-bond donors (Lipinski definition) is 1. The molecule has 2 amide bonds. The van der Waals surface area contributed by atoms with Crippen LogP contribution in [0.5, 0.6) is 5.75 Å². The van der Waals surface area contributed by atoms with Crippen molar-refractivity contribution in [1.82, 2.24) is 10.2 Å². The van der Waals surface area contributed by atoms with Crippen molar-refractivity contribution in [3.63, 3.8) is 0 Å². The van der Waals surface area contributed by atoms with Gasteiger partial charge in [0.05, 0.1) is 24.1 Å². The fourth-order valence-corrected chi connectivity index (χ4v) is 4.61. The summed E-state index contributed by atoms with van der Waals surface area (Å²) in [5.74, 6) is -0.565. The molecular formula is C22H27Cl2N3O5S. The Bertz CT molecular complexity index is 1110. The molecule has 0 bridgehead atoms.